The number of hydrogen-bond acceptors (Lipinski definition) is 8. The molecule has 0 aliphatic rings. The fourth-order valence-electron chi connectivity index (χ4n) is 5.26. The SMILES string of the molecule is CC/C=C/C/C=C/C/C=C/C/C=C/C/C=C/CCCC(=O)OC[C@H](COP(=O)([O-])OCC[N+](C)(C)C)OC(=O)CCCCC/C=C/C/C=C/C/C=C/C/C=C/CCCCC. The Labute approximate surface area is 366 Å². The molecule has 0 rings (SSSR count). The number of nitrogens with zero attached hydrogens (tertiary/aromatic N) is 1. The van der Waals surface area contributed by atoms with Gasteiger partial charge in [-0.25, -0.2) is 0 Å². The predicted molar refractivity (Wildman–Crippen MR) is 249 cm³/mol. The van der Waals surface area contributed by atoms with Crippen molar-refractivity contribution < 1.29 is 42.1 Å². The second-order valence-corrected chi connectivity index (χ2v) is 17.1. The van der Waals surface area contributed by atoms with Gasteiger partial charge >= 0.3 is 11.9 Å². The lowest BCUT2D eigenvalue weighted by molar-refractivity contribution is -0.870. The Morgan fingerprint density at radius 1 is 0.533 bits per heavy atom. The van der Waals surface area contributed by atoms with Gasteiger partial charge in [-0.2, -0.15) is 0 Å². The van der Waals surface area contributed by atoms with Crippen LogP contribution in [0.25, 0.3) is 0 Å². The number of quaternary nitrogens is 1. The Kier molecular flexibility index (Phi) is 38.8. The van der Waals surface area contributed by atoms with Gasteiger partial charge in [0.2, 0.25) is 0 Å². The van der Waals surface area contributed by atoms with E-state index < -0.39 is 32.5 Å². The van der Waals surface area contributed by atoms with E-state index >= 15 is 0 Å². The van der Waals surface area contributed by atoms with E-state index in [4.69, 9.17) is 18.5 Å². The minimum absolute atomic E-state index is 0.0529. The van der Waals surface area contributed by atoms with Gasteiger partial charge in [-0.05, 0) is 96.3 Å². The van der Waals surface area contributed by atoms with Gasteiger partial charge in [0, 0.05) is 12.8 Å². The van der Waals surface area contributed by atoms with Gasteiger partial charge in [0.15, 0.2) is 6.10 Å². The van der Waals surface area contributed by atoms with Crippen LogP contribution in [-0.4, -0.2) is 70.0 Å². The summed E-state index contributed by atoms with van der Waals surface area (Å²) in [6.07, 6.45) is 55.5. The maximum atomic E-state index is 12.7. The number of ether oxygens (including phenoxy) is 2. The van der Waals surface area contributed by atoms with Crippen LogP contribution in [0.2, 0.25) is 0 Å². The number of esters is 2. The number of carbonyl (C=O) groups is 2. The molecule has 0 amide bonds. The fourth-order valence-corrected chi connectivity index (χ4v) is 5.99. The van der Waals surface area contributed by atoms with Crippen molar-refractivity contribution in [1.82, 2.24) is 0 Å². The van der Waals surface area contributed by atoms with Crippen LogP contribution in [0.5, 0.6) is 0 Å². The lowest BCUT2D eigenvalue weighted by Crippen LogP contribution is -2.37. The number of likely N-dealkylation sites (N-methyl/N-ethyl adjacent to an activating group) is 1. The lowest BCUT2D eigenvalue weighted by atomic mass is 10.1. The molecule has 340 valence electrons. The first-order valence-electron chi connectivity index (χ1n) is 22.6. The number of carbonyl (C=O) groups excluding carboxylic acids is 2. The van der Waals surface area contributed by atoms with Crippen molar-refractivity contribution in [3.05, 3.63) is 109 Å². The highest BCUT2D eigenvalue weighted by Gasteiger charge is 2.21. The van der Waals surface area contributed by atoms with Crippen LogP contribution in [0.3, 0.4) is 0 Å². The number of allylic oxidation sites excluding steroid dienone is 18. The second kappa shape index (κ2) is 41.0. The molecule has 0 aromatic rings. The molecule has 0 spiro atoms. The third kappa shape index (κ3) is 44.2. The van der Waals surface area contributed by atoms with Crippen molar-refractivity contribution in [2.75, 3.05) is 47.5 Å². The largest absolute Gasteiger partial charge is 0.756 e. The predicted octanol–water partition coefficient (Wildman–Crippen LogP) is 12.5. The summed E-state index contributed by atoms with van der Waals surface area (Å²) < 4.78 is 33.8. The monoisotopic (exact) mass is 856 g/mol. The fraction of sp³-hybridized carbons (Fsp3) is 0.600. The summed E-state index contributed by atoms with van der Waals surface area (Å²) in [5, 5.41) is 0. The summed E-state index contributed by atoms with van der Waals surface area (Å²) in [6.45, 7) is 3.95. The third-order valence-electron chi connectivity index (χ3n) is 8.78. The summed E-state index contributed by atoms with van der Waals surface area (Å²) >= 11 is 0. The van der Waals surface area contributed by atoms with Gasteiger partial charge in [-0.15, -0.1) is 0 Å². The van der Waals surface area contributed by atoms with Crippen LogP contribution in [0.4, 0.5) is 0 Å². The van der Waals surface area contributed by atoms with E-state index in [9.17, 15) is 19.0 Å². The molecule has 0 aromatic carbocycles. The Morgan fingerprint density at radius 3 is 1.43 bits per heavy atom. The molecule has 2 atom stereocenters. The molecule has 0 aliphatic heterocycles. The molecule has 9 nitrogen and oxygen atoms in total. The number of phosphoric acid groups is 1. The highest BCUT2D eigenvalue weighted by molar-refractivity contribution is 7.45. The maximum Gasteiger partial charge on any atom is 0.306 e. The number of rotatable bonds is 39. The van der Waals surface area contributed by atoms with Crippen LogP contribution in [0.15, 0.2) is 109 Å². The molecule has 10 heteroatoms. The number of unbranched alkanes of at least 4 members (excludes halogenated alkanes) is 7. The van der Waals surface area contributed by atoms with Crippen LogP contribution < -0.4 is 4.89 Å². The smallest absolute Gasteiger partial charge is 0.306 e. The van der Waals surface area contributed by atoms with Crippen molar-refractivity contribution in [3.8, 4) is 0 Å². The molecule has 0 heterocycles. The molecule has 0 aromatic heterocycles. The quantitative estimate of drug-likeness (QED) is 0.0198. The van der Waals surface area contributed by atoms with Gasteiger partial charge in [0.25, 0.3) is 7.82 Å². The molecule has 0 bridgehead atoms. The van der Waals surface area contributed by atoms with E-state index in [0.29, 0.717) is 23.9 Å². The molecule has 0 N–H and O–H groups in total. The van der Waals surface area contributed by atoms with Crippen LogP contribution >= 0.6 is 7.82 Å². The molecule has 0 saturated carbocycles. The first-order valence-corrected chi connectivity index (χ1v) is 24.1. The zero-order valence-electron chi connectivity index (χ0n) is 38.1. The van der Waals surface area contributed by atoms with Gasteiger partial charge in [0.1, 0.15) is 19.8 Å². The van der Waals surface area contributed by atoms with E-state index in [1.54, 1.807) is 0 Å². The zero-order valence-corrected chi connectivity index (χ0v) is 39.0. The number of phosphoric ester groups is 1. The average Bonchev–Trinajstić information content (AvgIpc) is 3.20. The highest BCUT2D eigenvalue weighted by atomic mass is 31.2. The summed E-state index contributed by atoms with van der Waals surface area (Å²) in [7, 11) is 1.09. The molecular weight excluding hydrogens is 774 g/mol. The Balaban J connectivity index is 4.53. The van der Waals surface area contributed by atoms with Crippen LogP contribution in [0.1, 0.15) is 142 Å². The standard InChI is InChI=1S/C50H82NO8P/c1-6-8-10-12-14-16-18-20-22-24-25-27-29-31-33-35-37-39-41-43-50(53)59-48(47-58-60(54,55)57-45-44-51(3,4)5)46-56-49(52)42-40-38-36-34-32-30-28-26-23-21-19-17-15-13-11-9-7-2/h9,11,14-17,20-23,25,27-28,30-31,33-34,36,48H,6-8,10,12-13,18-19,24,26,29,32,35,37-47H2,1-5H3/b11-9+,16-14+,17-15+,22-20+,23-21+,27-25+,30-28+,33-31+,36-34+/t48-/m1/s1. The average molecular weight is 856 g/mol. The van der Waals surface area contributed by atoms with Crippen molar-refractivity contribution in [1.29, 1.82) is 0 Å². The highest BCUT2D eigenvalue weighted by Crippen LogP contribution is 2.38. The van der Waals surface area contributed by atoms with E-state index in [0.717, 1.165) is 77.0 Å². The topological polar surface area (TPSA) is 111 Å². The van der Waals surface area contributed by atoms with E-state index in [-0.39, 0.29) is 26.1 Å². The summed E-state index contributed by atoms with van der Waals surface area (Å²) in [4.78, 5) is 37.6. The summed E-state index contributed by atoms with van der Waals surface area (Å²) in [5.74, 6) is -0.952. The van der Waals surface area contributed by atoms with Gasteiger partial charge in [-0.1, -0.05) is 142 Å². The van der Waals surface area contributed by atoms with E-state index in [2.05, 4.69) is 117 Å². The minimum Gasteiger partial charge on any atom is -0.756 e. The molecule has 1 unspecified atom stereocenters. The van der Waals surface area contributed by atoms with Gasteiger partial charge in [0.05, 0.1) is 27.7 Å². The van der Waals surface area contributed by atoms with Crippen molar-refractivity contribution in [3.63, 3.8) is 0 Å². The second-order valence-electron chi connectivity index (χ2n) is 15.7. The minimum atomic E-state index is -4.66. The van der Waals surface area contributed by atoms with Crippen molar-refractivity contribution in [2.45, 2.75) is 148 Å². The first-order chi connectivity index (χ1) is 29.0. The van der Waals surface area contributed by atoms with Crippen LogP contribution in [-0.2, 0) is 32.7 Å². The molecular formula is C50H82NO8P. The first kappa shape index (κ1) is 56.7. The normalized spacial score (nSPS) is 14.6. The lowest BCUT2D eigenvalue weighted by Gasteiger charge is -2.28. The Hall–Kier alpha value is -3.33. The summed E-state index contributed by atoms with van der Waals surface area (Å²) in [5.41, 5.74) is 0. The zero-order chi connectivity index (χ0) is 44.3. The van der Waals surface area contributed by atoms with E-state index in [1.807, 2.05) is 27.2 Å². The molecule has 0 fully saturated rings. The summed E-state index contributed by atoms with van der Waals surface area (Å²) in [6, 6.07) is 0. The van der Waals surface area contributed by atoms with Gasteiger partial charge in [-0.3, -0.25) is 14.2 Å². The van der Waals surface area contributed by atoms with Gasteiger partial charge < -0.3 is 27.9 Å². The maximum absolute atomic E-state index is 12.7. The molecule has 0 radical (unpaired) electrons. The van der Waals surface area contributed by atoms with Crippen LogP contribution in [0, 0.1) is 0 Å². The Morgan fingerprint density at radius 2 is 0.967 bits per heavy atom. The van der Waals surface area contributed by atoms with E-state index in [1.165, 1.54) is 25.7 Å². The molecule has 0 saturated heterocycles. The molecule has 60 heavy (non-hydrogen) atoms. The van der Waals surface area contributed by atoms with Crippen molar-refractivity contribution in [2.24, 2.45) is 0 Å². The van der Waals surface area contributed by atoms with Crippen molar-refractivity contribution >= 4 is 19.8 Å². The molecule has 0 aliphatic carbocycles. The Bertz CT molecular complexity index is 1380. The number of hydrogen-bond donors (Lipinski definition) is 0. The third-order valence-corrected chi connectivity index (χ3v) is 9.74.